The number of halogens is 3. The van der Waals surface area contributed by atoms with Crippen LogP contribution in [0.3, 0.4) is 0 Å². The molecule has 3 rings (SSSR count). The van der Waals surface area contributed by atoms with Crippen molar-refractivity contribution in [3.8, 4) is 11.5 Å². The number of nitrogens with zero attached hydrogens (tertiary/aromatic N) is 2. The molecule has 0 aliphatic rings. The fourth-order valence-corrected chi connectivity index (χ4v) is 2.30. The van der Waals surface area contributed by atoms with Crippen LogP contribution in [0, 0.1) is 13.8 Å². The van der Waals surface area contributed by atoms with Crippen LogP contribution in [0.15, 0.2) is 39.2 Å². The molecular formula is C17H13F3N2O4. The van der Waals surface area contributed by atoms with E-state index in [1.807, 2.05) is 0 Å². The largest absolute Gasteiger partial charge is 0.466 e. The average Bonchev–Trinajstić information content (AvgIpc) is 3.18. The van der Waals surface area contributed by atoms with E-state index in [0.717, 1.165) is 18.2 Å². The van der Waals surface area contributed by atoms with Crippen molar-refractivity contribution in [3.05, 3.63) is 58.9 Å². The molecule has 0 aliphatic carbocycles. The number of hydrogen-bond donors (Lipinski definition) is 0. The Morgan fingerprint density at radius 2 is 1.92 bits per heavy atom. The third-order valence-electron chi connectivity index (χ3n) is 3.49. The monoisotopic (exact) mass is 366 g/mol. The van der Waals surface area contributed by atoms with Crippen LogP contribution in [0.4, 0.5) is 13.2 Å². The van der Waals surface area contributed by atoms with Crippen molar-refractivity contribution < 1.29 is 31.5 Å². The van der Waals surface area contributed by atoms with Gasteiger partial charge in [0.2, 0.25) is 0 Å². The van der Waals surface area contributed by atoms with Crippen LogP contribution >= 0.6 is 0 Å². The Hall–Kier alpha value is -3.10. The molecule has 2 heterocycles. The first kappa shape index (κ1) is 17.7. The topological polar surface area (TPSA) is 78.4 Å². The van der Waals surface area contributed by atoms with Crippen LogP contribution in [0.5, 0.6) is 0 Å². The molecule has 3 aromatic rings. The number of aryl methyl sites for hydroxylation is 2. The van der Waals surface area contributed by atoms with Crippen molar-refractivity contribution in [1.82, 2.24) is 10.2 Å². The van der Waals surface area contributed by atoms with Gasteiger partial charge in [-0.15, -0.1) is 10.2 Å². The molecule has 0 saturated heterocycles. The number of esters is 1. The molecule has 1 aromatic carbocycles. The van der Waals surface area contributed by atoms with E-state index >= 15 is 0 Å². The van der Waals surface area contributed by atoms with Gasteiger partial charge in [-0.1, -0.05) is 6.07 Å². The Kier molecular flexibility index (Phi) is 4.54. The molecular weight excluding hydrogens is 353 g/mol. The first-order chi connectivity index (χ1) is 12.2. The summed E-state index contributed by atoms with van der Waals surface area (Å²) in [5.74, 6) is 0.557. The highest BCUT2D eigenvalue weighted by molar-refractivity contribution is 5.89. The lowest BCUT2D eigenvalue weighted by Crippen LogP contribution is -2.09. The molecule has 26 heavy (non-hydrogen) atoms. The molecule has 0 N–H and O–H groups in total. The van der Waals surface area contributed by atoms with Gasteiger partial charge in [0, 0.05) is 0 Å². The smallest absolute Gasteiger partial charge is 0.416 e. The van der Waals surface area contributed by atoms with Crippen LogP contribution in [0.2, 0.25) is 0 Å². The van der Waals surface area contributed by atoms with E-state index in [2.05, 4.69) is 10.2 Å². The Balaban J connectivity index is 1.68. The number of aromatic nitrogens is 2. The van der Waals surface area contributed by atoms with Crippen LogP contribution in [-0.4, -0.2) is 16.2 Å². The summed E-state index contributed by atoms with van der Waals surface area (Å²) in [5, 5.41) is 7.59. The second-order valence-electron chi connectivity index (χ2n) is 5.48. The van der Waals surface area contributed by atoms with Crippen molar-refractivity contribution in [2.24, 2.45) is 0 Å². The van der Waals surface area contributed by atoms with Crippen LogP contribution in [0.1, 0.15) is 33.3 Å². The molecule has 0 unspecified atom stereocenters. The molecule has 0 bridgehead atoms. The van der Waals surface area contributed by atoms with Gasteiger partial charge in [0.1, 0.15) is 11.5 Å². The van der Waals surface area contributed by atoms with Gasteiger partial charge < -0.3 is 13.6 Å². The zero-order chi connectivity index (χ0) is 18.9. The summed E-state index contributed by atoms with van der Waals surface area (Å²) < 4.78 is 53.8. The average molecular weight is 366 g/mol. The SMILES string of the molecule is Cc1cc(-c2nnc(COC(=O)c3cccc(C(F)(F)F)c3)o2)c(C)o1. The summed E-state index contributed by atoms with van der Waals surface area (Å²) in [4.78, 5) is 11.9. The van der Waals surface area contributed by atoms with E-state index < -0.39 is 17.7 Å². The maximum atomic E-state index is 12.7. The van der Waals surface area contributed by atoms with E-state index in [4.69, 9.17) is 13.6 Å². The van der Waals surface area contributed by atoms with Gasteiger partial charge in [-0.05, 0) is 38.1 Å². The van der Waals surface area contributed by atoms with E-state index in [9.17, 15) is 18.0 Å². The molecule has 2 aromatic heterocycles. The number of alkyl halides is 3. The Bertz CT molecular complexity index is 944. The van der Waals surface area contributed by atoms with Gasteiger partial charge in [0.05, 0.1) is 16.7 Å². The van der Waals surface area contributed by atoms with E-state index in [-0.39, 0.29) is 24.0 Å². The minimum Gasteiger partial charge on any atom is -0.466 e. The third kappa shape index (κ3) is 3.76. The highest BCUT2D eigenvalue weighted by Crippen LogP contribution is 2.30. The lowest BCUT2D eigenvalue weighted by atomic mass is 10.1. The molecule has 0 amide bonds. The van der Waals surface area contributed by atoms with Crippen molar-refractivity contribution in [3.63, 3.8) is 0 Å². The van der Waals surface area contributed by atoms with Crippen LogP contribution < -0.4 is 0 Å². The maximum absolute atomic E-state index is 12.7. The minimum atomic E-state index is -4.54. The fraction of sp³-hybridized carbons (Fsp3) is 0.235. The molecule has 9 heteroatoms. The number of carbonyl (C=O) groups is 1. The second-order valence-corrected chi connectivity index (χ2v) is 5.48. The van der Waals surface area contributed by atoms with E-state index in [1.54, 1.807) is 19.9 Å². The molecule has 0 radical (unpaired) electrons. The Morgan fingerprint density at radius 1 is 1.15 bits per heavy atom. The highest BCUT2D eigenvalue weighted by atomic mass is 19.4. The summed E-state index contributed by atoms with van der Waals surface area (Å²) in [7, 11) is 0. The van der Waals surface area contributed by atoms with Gasteiger partial charge in [-0.25, -0.2) is 4.79 Å². The quantitative estimate of drug-likeness (QED) is 0.640. The zero-order valence-electron chi connectivity index (χ0n) is 13.8. The predicted octanol–water partition coefficient (Wildman–Crippen LogP) is 4.32. The summed E-state index contributed by atoms with van der Waals surface area (Å²) >= 11 is 0. The van der Waals surface area contributed by atoms with Gasteiger partial charge in [0.15, 0.2) is 6.61 Å². The van der Waals surface area contributed by atoms with Crippen LogP contribution in [-0.2, 0) is 17.5 Å². The summed E-state index contributed by atoms with van der Waals surface area (Å²) in [6, 6.07) is 5.68. The summed E-state index contributed by atoms with van der Waals surface area (Å²) in [5.41, 5.74) is -0.538. The van der Waals surface area contributed by atoms with Gasteiger partial charge in [-0.3, -0.25) is 0 Å². The molecule has 0 fully saturated rings. The first-order valence-electron chi connectivity index (χ1n) is 7.48. The van der Waals surface area contributed by atoms with Gasteiger partial charge >= 0.3 is 12.1 Å². The first-order valence-corrected chi connectivity index (χ1v) is 7.48. The minimum absolute atomic E-state index is 0.0126. The summed E-state index contributed by atoms with van der Waals surface area (Å²) in [6.45, 7) is 3.14. The number of ether oxygens (including phenoxy) is 1. The van der Waals surface area contributed by atoms with Gasteiger partial charge in [-0.2, -0.15) is 13.2 Å². The fourth-order valence-electron chi connectivity index (χ4n) is 2.30. The molecule has 0 atom stereocenters. The predicted molar refractivity (Wildman–Crippen MR) is 82.0 cm³/mol. The van der Waals surface area contributed by atoms with E-state index in [0.29, 0.717) is 17.1 Å². The third-order valence-corrected chi connectivity index (χ3v) is 3.49. The molecule has 0 spiro atoms. The van der Waals surface area contributed by atoms with Crippen molar-refractivity contribution >= 4 is 5.97 Å². The number of furan rings is 1. The lowest BCUT2D eigenvalue weighted by Gasteiger charge is -2.08. The summed E-state index contributed by atoms with van der Waals surface area (Å²) in [6.07, 6.45) is -4.54. The standard InChI is InChI=1S/C17H13F3N2O4/c1-9-6-13(10(2)25-9)15-22-21-14(26-15)8-24-16(23)11-4-3-5-12(7-11)17(18,19)20/h3-7H,8H2,1-2H3. The molecule has 136 valence electrons. The molecule has 0 saturated carbocycles. The normalized spacial score (nSPS) is 11.6. The highest BCUT2D eigenvalue weighted by Gasteiger charge is 2.31. The van der Waals surface area contributed by atoms with Crippen molar-refractivity contribution in [2.75, 3.05) is 0 Å². The Labute approximate surface area is 145 Å². The second kappa shape index (κ2) is 6.66. The lowest BCUT2D eigenvalue weighted by molar-refractivity contribution is -0.137. The number of benzene rings is 1. The molecule has 6 nitrogen and oxygen atoms in total. The number of carbonyl (C=O) groups excluding carboxylic acids is 1. The number of rotatable bonds is 4. The van der Waals surface area contributed by atoms with Crippen molar-refractivity contribution in [1.29, 1.82) is 0 Å². The van der Waals surface area contributed by atoms with E-state index in [1.165, 1.54) is 6.07 Å². The van der Waals surface area contributed by atoms with Crippen LogP contribution in [0.25, 0.3) is 11.5 Å². The van der Waals surface area contributed by atoms with Gasteiger partial charge in [0.25, 0.3) is 11.8 Å². The van der Waals surface area contributed by atoms with Crippen molar-refractivity contribution in [2.45, 2.75) is 26.6 Å². The maximum Gasteiger partial charge on any atom is 0.416 e. The molecule has 0 aliphatic heterocycles. The number of hydrogen-bond acceptors (Lipinski definition) is 6. The Morgan fingerprint density at radius 3 is 2.58 bits per heavy atom. The zero-order valence-corrected chi connectivity index (χ0v) is 13.8.